The van der Waals surface area contributed by atoms with Crippen molar-refractivity contribution in [1.82, 2.24) is 5.32 Å². The molecule has 0 heterocycles. The Balaban J connectivity index is 1.72. The molecular weight excluding hydrogens is 264 g/mol. The van der Waals surface area contributed by atoms with Gasteiger partial charge in [-0.15, -0.1) is 0 Å². The number of hydrogen-bond acceptors (Lipinski definition) is 3. The number of benzene rings is 2. The molecule has 4 heteroatoms. The first-order valence-electron chi connectivity index (χ1n) is 6.99. The summed E-state index contributed by atoms with van der Waals surface area (Å²) >= 11 is 0. The van der Waals surface area contributed by atoms with Crippen molar-refractivity contribution in [3.05, 3.63) is 59.7 Å². The Morgan fingerprint density at radius 2 is 1.95 bits per heavy atom. The van der Waals surface area contributed by atoms with Crippen molar-refractivity contribution < 1.29 is 9.53 Å². The molecule has 2 unspecified atom stereocenters. The van der Waals surface area contributed by atoms with Crippen molar-refractivity contribution in [2.24, 2.45) is 0 Å². The smallest absolute Gasteiger partial charge is 0.257 e. The van der Waals surface area contributed by atoms with Crippen LogP contribution in [0.5, 0.6) is 5.75 Å². The van der Waals surface area contributed by atoms with Crippen LogP contribution in [0, 0.1) is 0 Å². The lowest BCUT2D eigenvalue weighted by Crippen LogP contribution is -2.27. The van der Waals surface area contributed by atoms with Gasteiger partial charge in [-0.1, -0.05) is 36.4 Å². The van der Waals surface area contributed by atoms with Gasteiger partial charge in [0.2, 0.25) is 0 Å². The summed E-state index contributed by atoms with van der Waals surface area (Å²) in [6.45, 7) is 0. The Hall–Kier alpha value is -2.49. The van der Waals surface area contributed by atoms with Crippen molar-refractivity contribution in [2.75, 3.05) is 12.8 Å². The van der Waals surface area contributed by atoms with Crippen molar-refractivity contribution in [3.63, 3.8) is 0 Å². The minimum Gasteiger partial charge on any atom is -0.496 e. The maximum Gasteiger partial charge on any atom is 0.257 e. The molecule has 3 N–H and O–H groups in total. The summed E-state index contributed by atoms with van der Waals surface area (Å²) in [5.74, 6) is 0.726. The summed E-state index contributed by atoms with van der Waals surface area (Å²) in [6, 6.07) is 15.6. The lowest BCUT2D eigenvalue weighted by molar-refractivity contribution is 0.0948. The van der Waals surface area contributed by atoms with E-state index >= 15 is 0 Å². The van der Waals surface area contributed by atoms with E-state index in [9.17, 15) is 4.79 Å². The van der Waals surface area contributed by atoms with Gasteiger partial charge in [0.05, 0.1) is 7.11 Å². The number of rotatable bonds is 4. The summed E-state index contributed by atoms with van der Waals surface area (Å²) in [6.07, 6.45) is 0.963. The number of hydrogen-bond donors (Lipinski definition) is 2. The predicted octanol–water partition coefficient (Wildman–Crippen LogP) is 2.56. The molecule has 1 fully saturated rings. The minimum absolute atomic E-state index is 0.171. The zero-order chi connectivity index (χ0) is 14.8. The number of nitrogens with one attached hydrogen (secondary N) is 1. The zero-order valence-corrected chi connectivity index (χ0v) is 11.9. The van der Waals surface area contributed by atoms with Crippen LogP contribution in [0.15, 0.2) is 48.5 Å². The highest BCUT2D eigenvalue weighted by molar-refractivity contribution is 6.02. The van der Waals surface area contributed by atoms with Gasteiger partial charge in [0.15, 0.2) is 0 Å². The van der Waals surface area contributed by atoms with Gasteiger partial charge in [0, 0.05) is 17.6 Å². The van der Waals surface area contributed by atoms with Crippen LogP contribution < -0.4 is 15.8 Å². The third-order valence-corrected chi connectivity index (χ3v) is 3.84. The number of methoxy groups -OCH3 is 1. The normalized spacial score (nSPS) is 19.9. The monoisotopic (exact) mass is 282 g/mol. The Kier molecular flexibility index (Phi) is 3.52. The van der Waals surface area contributed by atoms with Crippen LogP contribution >= 0.6 is 0 Å². The van der Waals surface area contributed by atoms with Crippen molar-refractivity contribution >= 4 is 11.6 Å². The van der Waals surface area contributed by atoms with Gasteiger partial charge in [0.25, 0.3) is 5.91 Å². The van der Waals surface area contributed by atoms with E-state index in [-0.39, 0.29) is 11.9 Å². The number of nitrogens with two attached hydrogens (primary N) is 1. The fourth-order valence-electron chi connectivity index (χ4n) is 2.62. The summed E-state index contributed by atoms with van der Waals surface area (Å²) in [7, 11) is 1.54. The van der Waals surface area contributed by atoms with Gasteiger partial charge in [-0.3, -0.25) is 4.79 Å². The SMILES string of the molecule is COc1cccc(N)c1C(=O)NC1CC1c1ccccc1. The second kappa shape index (κ2) is 5.48. The third kappa shape index (κ3) is 2.70. The third-order valence-electron chi connectivity index (χ3n) is 3.84. The Morgan fingerprint density at radius 1 is 1.19 bits per heavy atom. The lowest BCUT2D eigenvalue weighted by Gasteiger charge is -2.11. The highest BCUT2D eigenvalue weighted by atomic mass is 16.5. The number of ether oxygens (including phenoxy) is 1. The molecule has 0 bridgehead atoms. The van der Waals surface area contributed by atoms with E-state index in [0.29, 0.717) is 22.9 Å². The molecule has 1 aliphatic carbocycles. The van der Waals surface area contributed by atoms with Gasteiger partial charge < -0.3 is 15.8 Å². The molecule has 0 radical (unpaired) electrons. The molecule has 108 valence electrons. The van der Waals surface area contributed by atoms with Crippen LogP contribution in [-0.4, -0.2) is 19.1 Å². The second-order valence-electron chi connectivity index (χ2n) is 5.26. The quantitative estimate of drug-likeness (QED) is 0.847. The highest BCUT2D eigenvalue weighted by Gasteiger charge is 2.39. The molecule has 0 saturated heterocycles. The van der Waals surface area contributed by atoms with E-state index in [2.05, 4.69) is 17.4 Å². The van der Waals surface area contributed by atoms with E-state index in [1.165, 1.54) is 12.7 Å². The van der Waals surface area contributed by atoms with Crippen molar-refractivity contribution in [2.45, 2.75) is 18.4 Å². The summed E-state index contributed by atoms with van der Waals surface area (Å²) in [4.78, 5) is 12.4. The molecule has 0 aromatic heterocycles. The van der Waals surface area contributed by atoms with Crippen molar-refractivity contribution in [1.29, 1.82) is 0 Å². The van der Waals surface area contributed by atoms with Crippen LogP contribution in [-0.2, 0) is 0 Å². The van der Waals surface area contributed by atoms with Crippen LogP contribution in [0.4, 0.5) is 5.69 Å². The molecule has 0 spiro atoms. The van der Waals surface area contributed by atoms with E-state index in [4.69, 9.17) is 10.5 Å². The fourth-order valence-corrected chi connectivity index (χ4v) is 2.62. The standard InChI is InChI=1S/C17H18N2O2/c1-21-15-9-5-8-13(18)16(15)17(20)19-14-10-12(14)11-6-3-2-4-7-11/h2-9,12,14H,10,18H2,1H3,(H,19,20). The maximum absolute atomic E-state index is 12.4. The van der Waals surface area contributed by atoms with Crippen molar-refractivity contribution in [3.8, 4) is 5.75 Å². The van der Waals surface area contributed by atoms with Crippen LogP contribution in [0.25, 0.3) is 0 Å². The molecule has 1 saturated carbocycles. The topological polar surface area (TPSA) is 64.3 Å². The molecule has 3 rings (SSSR count). The minimum atomic E-state index is -0.173. The first kappa shape index (κ1) is 13.5. The Labute approximate surface area is 123 Å². The summed E-state index contributed by atoms with van der Waals surface area (Å²) in [5, 5.41) is 3.04. The van der Waals surface area contributed by atoms with Gasteiger partial charge >= 0.3 is 0 Å². The molecule has 2 aromatic rings. The maximum atomic E-state index is 12.4. The molecule has 0 aliphatic heterocycles. The largest absolute Gasteiger partial charge is 0.496 e. The number of amides is 1. The summed E-state index contributed by atoms with van der Waals surface area (Å²) in [5.41, 5.74) is 8.01. The fraction of sp³-hybridized carbons (Fsp3) is 0.235. The van der Waals surface area contributed by atoms with Crippen LogP contribution in [0.1, 0.15) is 28.3 Å². The molecule has 4 nitrogen and oxygen atoms in total. The van der Waals surface area contributed by atoms with E-state index in [0.717, 1.165) is 6.42 Å². The number of carbonyl (C=O) groups excluding carboxylic acids is 1. The number of carbonyl (C=O) groups is 1. The number of anilines is 1. The molecule has 1 amide bonds. The lowest BCUT2D eigenvalue weighted by atomic mass is 10.1. The first-order valence-corrected chi connectivity index (χ1v) is 6.99. The molecule has 2 aromatic carbocycles. The van der Waals surface area contributed by atoms with Gasteiger partial charge in [-0.05, 0) is 24.1 Å². The Bertz CT molecular complexity index is 655. The summed E-state index contributed by atoms with van der Waals surface area (Å²) < 4.78 is 5.22. The predicted molar refractivity (Wildman–Crippen MR) is 82.5 cm³/mol. The molecular formula is C17H18N2O2. The van der Waals surface area contributed by atoms with Gasteiger partial charge in [-0.25, -0.2) is 0 Å². The van der Waals surface area contributed by atoms with E-state index < -0.39 is 0 Å². The average molecular weight is 282 g/mol. The van der Waals surface area contributed by atoms with Crippen LogP contribution in [0.2, 0.25) is 0 Å². The Morgan fingerprint density at radius 3 is 2.67 bits per heavy atom. The van der Waals surface area contributed by atoms with Gasteiger partial charge in [0.1, 0.15) is 11.3 Å². The van der Waals surface area contributed by atoms with Gasteiger partial charge in [-0.2, -0.15) is 0 Å². The number of nitrogen functional groups attached to an aromatic ring is 1. The van der Waals surface area contributed by atoms with Crippen LogP contribution in [0.3, 0.4) is 0 Å². The average Bonchev–Trinajstić information content (AvgIpc) is 3.26. The molecule has 1 aliphatic rings. The molecule has 21 heavy (non-hydrogen) atoms. The zero-order valence-electron chi connectivity index (χ0n) is 11.9. The highest BCUT2D eigenvalue weighted by Crippen LogP contribution is 2.41. The van der Waals surface area contributed by atoms with E-state index in [1.807, 2.05) is 18.2 Å². The first-order chi connectivity index (χ1) is 10.2. The van der Waals surface area contributed by atoms with E-state index in [1.54, 1.807) is 18.2 Å². The molecule has 2 atom stereocenters. The second-order valence-corrected chi connectivity index (χ2v) is 5.26.